The number of amides is 1. The number of aromatic amines is 1. The lowest BCUT2D eigenvalue weighted by molar-refractivity contribution is -0.122. The maximum atomic E-state index is 11.9. The number of fused-ring (bicyclic) bond motifs is 2. The molecular formula is C17H18ClN3O2. The van der Waals surface area contributed by atoms with Crippen molar-refractivity contribution < 1.29 is 9.90 Å². The number of aromatic nitrogens is 2. The van der Waals surface area contributed by atoms with Gasteiger partial charge in [-0.2, -0.15) is 5.10 Å². The fourth-order valence-corrected chi connectivity index (χ4v) is 4.54. The van der Waals surface area contributed by atoms with Gasteiger partial charge < -0.3 is 10.4 Å². The summed E-state index contributed by atoms with van der Waals surface area (Å²) in [4.78, 5) is 11.9. The van der Waals surface area contributed by atoms with Gasteiger partial charge in [-0.15, -0.1) is 0 Å². The molecule has 2 aromatic rings. The Morgan fingerprint density at radius 1 is 1.35 bits per heavy atom. The van der Waals surface area contributed by atoms with E-state index in [2.05, 4.69) is 15.5 Å². The zero-order chi connectivity index (χ0) is 15.8. The van der Waals surface area contributed by atoms with E-state index in [0.29, 0.717) is 29.7 Å². The number of hydrogen-bond donors (Lipinski definition) is 3. The van der Waals surface area contributed by atoms with Crippen LogP contribution in [0.15, 0.2) is 18.3 Å². The monoisotopic (exact) mass is 331 g/mol. The average molecular weight is 332 g/mol. The number of carbonyl (C=O) groups is 1. The highest BCUT2D eigenvalue weighted by Gasteiger charge is 2.62. The van der Waals surface area contributed by atoms with Gasteiger partial charge in [0.15, 0.2) is 0 Å². The van der Waals surface area contributed by atoms with Crippen molar-refractivity contribution >= 4 is 28.4 Å². The van der Waals surface area contributed by atoms with Gasteiger partial charge in [0.25, 0.3) is 0 Å². The van der Waals surface area contributed by atoms with Gasteiger partial charge in [-0.1, -0.05) is 11.6 Å². The minimum absolute atomic E-state index is 0.201. The topological polar surface area (TPSA) is 78.0 Å². The van der Waals surface area contributed by atoms with Crippen LogP contribution in [0.2, 0.25) is 5.02 Å². The molecular weight excluding hydrogens is 314 g/mol. The molecule has 3 fully saturated rings. The molecule has 5 rings (SSSR count). The summed E-state index contributed by atoms with van der Waals surface area (Å²) in [5, 5.41) is 22.9. The van der Waals surface area contributed by atoms with Crippen molar-refractivity contribution in [2.24, 2.45) is 17.8 Å². The van der Waals surface area contributed by atoms with E-state index in [1.54, 1.807) is 6.20 Å². The third-order valence-electron chi connectivity index (χ3n) is 5.75. The van der Waals surface area contributed by atoms with Crippen LogP contribution in [0.1, 0.15) is 31.2 Å². The Bertz CT molecular complexity index is 801. The molecule has 3 N–H and O–H groups in total. The molecule has 23 heavy (non-hydrogen) atoms. The van der Waals surface area contributed by atoms with Crippen molar-refractivity contribution in [1.29, 1.82) is 0 Å². The maximum Gasteiger partial charge on any atom is 0.223 e. The molecule has 0 bridgehead atoms. The molecule has 3 saturated carbocycles. The van der Waals surface area contributed by atoms with Crippen molar-refractivity contribution in [3.8, 4) is 0 Å². The van der Waals surface area contributed by atoms with Crippen molar-refractivity contribution in [1.82, 2.24) is 15.5 Å². The second-order valence-corrected chi connectivity index (χ2v) is 7.80. The Labute approximate surface area is 138 Å². The molecule has 1 heterocycles. The molecule has 3 aliphatic carbocycles. The summed E-state index contributed by atoms with van der Waals surface area (Å²) >= 11 is 6.20. The quantitative estimate of drug-likeness (QED) is 0.807. The normalized spacial score (nSPS) is 35.3. The summed E-state index contributed by atoms with van der Waals surface area (Å²) in [6.07, 6.45) is 5.11. The second-order valence-electron chi connectivity index (χ2n) is 7.36. The van der Waals surface area contributed by atoms with E-state index in [9.17, 15) is 9.90 Å². The highest BCUT2D eigenvalue weighted by Crippen LogP contribution is 2.60. The number of benzene rings is 1. The zero-order valence-electron chi connectivity index (χ0n) is 12.6. The van der Waals surface area contributed by atoms with Crippen LogP contribution < -0.4 is 5.32 Å². The average Bonchev–Trinajstić information content (AvgIpc) is 3.36. The Kier molecular flexibility index (Phi) is 2.69. The Hall–Kier alpha value is -1.59. The Morgan fingerprint density at radius 3 is 2.78 bits per heavy atom. The van der Waals surface area contributed by atoms with E-state index in [1.165, 1.54) is 0 Å². The van der Waals surface area contributed by atoms with Gasteiger partial charge >= 0.3 is 0 Å². The molecule has 4 atom stereocenters. The van der Waals surface area contributed by atoms with Crippen molar-refractivity contribution in [3.05, 3.63) is 28.9 Å². The number of carbonyl (C=O) groups excluding carboxylic acids is 1. The SMILES string of the molecule is O=C(N[C@H]1[C@@H]2C[C@](O)(c3cc(Cl)cc4cn[nH]c34)C[C@@H]21)C1CC1. The zero-order valence-corrected chi connectivity index (χ0v) is 13.3. The largest absolute Gasteiger partial charge is 0.385 e. The number of nitrogens with one attached hydrogen (secondary N) is 2. The van der Waals surface area contributed by atoms with Crippen LogP contribution in [0.5, 0.6) is 0 Å². The van der Waals surface area contributed by atoms with Gasteiger partial charge in [0.2, 0.25) is 5.91 Å². The molecule has 6 heteroatoms. The molecule has 1 aromatic carbocycles. The van der Waals surface area contributed by atoms with E-state index in [-0.39, 0.29) is 17.9 Å². The first-order valence-corrected chi connectivity index (χ1v) is 8.59. The van der Waals surface area contributed by atoms with Gasteiger partial charge in [0.1, 0.15) is 0 Å². The van der Waals surface area contributed by atoms with Crippen LogP contribution in [0.4, 0.5) is 0 Å². The number of aliphatic hydroxyl groups is 1. The van der Waals surface area contributed by atoms with E-state index in [1.807, 2.05) is 12.1 Å². The standard InChI is InChI=1S/C17H18ClN3O2/c18-10-3-9-7-19-21-14(9)13(4-10)17(23)5-11-12(6-17)15(11)20-16(22)8-1-2-8/h3-4,7-8,11-12,15,23H,1-2,5-6H2,(H,19,21)(H,20,22)/t11-,12+,15+,17-. The first-order valence-electron chi connectivity index (χ1n) is 8.21. The fraction of sp³-hybridized carbons (Fsp3) is 0.529. The van der Waals surface area contributed by atoms with Gasteiger partial charge in [-0.25, -0.2) is 0 Å². The lowest BCUT2D eigenvalue weighted by Gasteiger charge is -2.27. The number of H-pyrrole nitrogens is 1. The minimum atomic E-state index is -0.883. The van der Waals surface area contributed by atoms with Crippen LogP contribution in [0, 0.1) is 17.8 Å². The fourth-order valence-electron chi connectivity index (χ4n) is 4.31. The van der Waals surface area contributed by atoms with E-state index < -0.39 is 5.60 Å². The highest BCUT2D eigenvalue weighted by atomic mass is 35.5. The Morgan fingerprint density at radius 2 is 2.09 bits per heavy atom. The predicted molar refractivity (Wildman–Crippen MR) is 85.9 cm³/mol. The lowest BCUT2D eigenvalue weighted by atomic mass is 9.87. The number of hydrogen-bond acceptors (Lipinski definition) is 3. The minimum Gasteiger partial charge on any atom is -0.385 e. The van der Waals surface area contributed by atoms with E-state index in [4.69, 9.17) is 11.6 Å². The summed E-state index contributed by atoms with van der Waals surface area (Å²) in [5.41, 5.74) is 0.806. The summed E-state index contributed by atoms with van der Waals surface area (Å²) in [6.45, 7) is 0. The third-order valence-corrected chi connectivity index (χ3v) is 5.97. The van der Waals surface area contributed by atoms with Crippen molar-refractivity contribution in [2.75, 3.05) is 0 Å². The molecule has 0 saturated heterocycles. The molecule has 120 valence electrons. The summed E-state index contributed by atoms with van der Waals surface area (Å²) in [7, 11) is 0. The van der Waals surface area contributed by atoms with Gasteiger partial charge in [0.05, 0.1) is 17.3 Å². The van der Waals surface area contributed by atoms with Gasteiger partial charge in [0, 0.05) is 27.9 Å². The van der Waals surface area contributed by atoms with E-state index >= 15 is 0 Å². The van der Waals surface area contributed by atoms with E-state index in [0.717, 1.165) is 29.3 Å². The number of halogens is 1. The molecule has 3 aliphatic rings. The number of rotatable bonds is 3. The maximum absolute atomic E-state index is 11.9. The first kappa shape index (κ1) is 13.8. The van der Waals surface area contributed by atoms with Crippen LogP contribution in [-0.4, -0.2) is 27.3 Å². The summed E-state index contributed by atoms with van der Waals surface area (Å²) in [6, 6.07) is 3.94. The third kappa shape index (κ3) is 2.10. The molecule has 0 unspecified atom stereocenters. The van der Waals surface area contributed by atoms with Crippen molar-refractivity contribution in [3.63, 3.8) is 0 Å². The van der Waals surface area contributed by atoms with Crippen LogP contribution in [0.3, 0.4) is 0 Å². The van der Waals surface area contributed by atoms with Crippen LogP contribution in [-0.2, 0) is 10.4 Å². The molecule has 0 spiro atoms. The number of nitrogens with zero attached hydrogens (tertiary/aromatic N) is 1. The molecule has 1 amide bonds. The smallest absolute Gasteiger partial charge is 0.223 e. The van der Waals surface area contributed by atoms with Gasteiger partial charge in [-0.05, 0) is 49.7 Å². The second kappa shape index (κ2) is 4.48. The molecule has 5 nitrogen and oxygen atoms in total. The molecule has 1 aromatic heterocycles. The predicted octanol–water partition coefficient (Wildman–Crippen LogP) is 2.34. The first-order chi connectivity index (χ1) is 11.0. The highest BCUT2D eigenvalue weighted by molar-refractivity contribution is 6.31. The van der Waals surface area contributed by atoms with Gasteiger partial charge in [-0.3, -0.25) is 9.89 Å². The van der Waals surface area contributed by atoms with Crippen LogP contribution >= 0.6 is 11.6 Å². The van der Waals surface area contributed by atoms with Crippen molar-refractivity contribution in [2.45, 2.75) is 37.3 Å². The van der Waals surface area contributed by atoms with Crippen LogP contribution in [0.25, 0.3) is 10.9 Å². The summed E-state index contributed by atoms with van der Waals surface area (Å²) in [5.74, 6) is 1.19. The Balaban J connectivity index is 1.38. The molecule has 0 aliphatic heterocycles. The molecule has 0 radical (unpaired) electrons. The lowest BCUT2D eigenvalue weighted by Crippen LogP contribution is -2.34. The summed E-state index contributed by atoms with van der Waals surface area (Å²) < 4.78 is 0.